The number of methoxy groups -OCH3 is 1. The minimum absolute atomic E-state index is 0.0877. The number of carbonyl (C=O) groups excluding carboxylic acids is 1. The summed E-state index contributed by atoms with van der Waals surface area (Å²) in [6.45, 7) is 3.11. The first-order valence-corrected chi connectivity index (χ1v) is 9.34. The normalized spacial score (nSPS) is 13.9. The fourth-order valence-corrected chi connectivity index (χ4v) is 3.58. The predicted octanol–water partition coefficient (Wildman–Crippen LogP) is 4.19. The van der Waals surface area contributed by atoms with Crippen molar-refractivity contribution in [3.05, 3.63) is 59.7 Å². The van der Waals surface area contributed by atoms with Crippen LogP contribution in [0.25, 0.3) is 0 Å². The molecule has 0 amide bonds. The van der Waals surface area contributed by atoms with Gasteiger partial charge in [0.1, 0.15) is 5.75 Å². The molecule has 25 heavy (non-hydrogen) atoms. The van der Waals surface area contributed by atoms with Gasteiger partial charge in [-0.1, -0.05) is 41.6 Å². The fraction of sp³-hybridized carbons (Fsp3) is 0.300. The summed E-state index contributed by atoms with van der Waals surface area (Å²) in [6, 6.07) is 15.5. The van der Waals surface area contributed by atoms with Crippen molar-refractivity contribution in [3.63, 3.8) is 0 Å². The van der Waals surface area contributed by atoms with E-state index in [9.17, 15) is 4.79 Å². The average Bonchev–Trinajstić information content (AvgIpc) is 2.67. The predicted molar refractivity (Wildman–Crippen MR) is 105 cm³/mol. The van der Waals surface area contributed by atoms with E-state index in [-0.39, 0.29) is 12.3 Å². The lowest BCUT2D eigenvalue weighted by atomic mass is 10.1. The van der Waals surface area contributed by atoms with Crippen molar-refractivity contribution in [2.45, 2.75) is 13.3 Å². The molecule has 0 aliphatic carbocycles. The monoisotopic (exact) mass is 354 g/mol. The molecule has 4 nitrogen and oxygen atoms in total. The molecule has 2 aromatic carbocycles. The van der Waals surface area contributed by atoms with Gasteiger partial charge in [0.05, 0.1) is 13.7 Å². The summed E-state index contributed by atoms with van der Waals surface area (Å²) in [5.74, 6) is 1.92. The largest absolute Gasteiger partial charge is 0.497 e. The van der Waals surface area contributed by atoms with E-state index >= 15 is 0 Å². The van der Waals surface area contributed by atoms with Crippen LogP contribution in [0.15, 0.2) is 53.5 Å². The fourth-order valence-electron chi connectivity index (χ4n) is 2.62. The van der Waals surface area contributed by atoms with Crippen molar-refractivity contribution < 1.29 is 9.53 Å². The second-order valence-electron chi connectivity index (χ2n) is 5.94. The Labute approximate surface area is 152 Å². The van der Waals surface area contributed by atoms with Crippen LogP contribution in [-0.2, 0) is 0 Å². The van der Waals surface area contributed by atoms with E-state index in [0.29, 0.717) is 0 Å². The van der Waals surface area contributed by atoms with Gasteiger partial charge in [-0.05, 0) is 37.6 Å². The molecule has 2 aromatic rings. The van der Waals surface area contributed by atoms with Crippen LogP contribution in [0.2, 0.25) is 0 Å². The zero-order valence-electron chi connectivity index (χ0n) is 14.6. The van der Waals surface area contributed by atoms with Gasteiger partial charge in [-0.25, -0.2) is 0 Å². The van der Waals surface area contributed by atoms with Crippen LogP contribution >= 0.6 is 11.8 Å². The highest BCUT2D eigenvalue weighted by molar-refractivity contribution is 8.14. The number of amidine groups is 1. The number of nitrogens with zero attached hydrogens (tertiary/aromatic N) is 2. The third-order valence-corrected chi connectivity index (χ3v) is 5.17. The number of carbonyl (C=O) groups is 1. The topological polar surface area (TPSA) is 41.9 Å². The molecule has 0 aromatic heterocycles. The maximum absolute atomic E-state index is 12.8. The van der Waals surface area contributed by atoms with Gasteiger partial charge in [0.15, 0.2) is 11.0 Å². The second kappa shape index (κ2) is 8.21. The van der Waals surface area contributed by atoms with Gasteiger partial charge in [-0.2, -0.15) is 0 Å². The van der Waals surface area contributed by atoms with E-state index in [1.165, 1.54) is 0 Å². The lowest BCUT2D eigenvalue weighted by Crippen LogP contribution is -2.35. The highest BCUT2D eigenvalue weighted by Crippen LogP contribution is 2.25. The van der Waals surface area contributed by atoms with Crippen LogP contribution in [0.1, 0.15) is 22.3 Å². The molecular weight excluding hydrogens is 332 g/mol. The Morgan fingerprint density at radius 3 is 2.48 bits per heavy atom. The number of Topliss-reactive ketones (excluding diaryl/α,β-unsaturated/α-hetero) is 1. The van der Waals surface area contributed by atoms with Crippen LogP contribution in [0.4, 0.5) is 5.69 Å². The molecule has 1 heterocycles. The molecule has 130 valence electrons. The van der Waals surface area contributed by atoms with Crippen molar-refractivity contribution in [3.8, 4) is 5.75 Å². The van der Waals surface area contributed by atoms with E-state index in [2.05, 4.69) is 4.99 Å². The van der Waals surface area contributed by atoms with E-state index in [0.717, 1.165) is 46.4 Å². The molecule has 0 radical (unpaired) electrons. The Balaban J connectivity index is 1.86. The van der Waals surface area contributed by atoms with E-state index in [4.69, 9.17) is 4.74 Å². The number of aliphatic imine (C=N–C) groups is 1. The molecule has 1 aliphatic heterocycles. The van der Waals surface area contributed by atoms with Gasteiger partial charge in [0.2, 0.25) is 0 Å². The average molecular weight is 354 g/mol. The minimum atomic E-state index is 0.0877. The summed E-state index contributed by atoms with van der Waals surface area (Å²) >= 11 is 1.71. The van der Waals surface area contributed by atoms with Gasteiger partial charge in [0, 0.05) is 23.5 Å². The maximum Gasteiger partial charge on any atom is 0.182 e. The third kappa shape index (κ3) is 4.42. The van der Waals surface area contributed by atoms with Crippen LogP contribution < -0.4 is 9.64 Å². The van der Waals surface area contributed by atoms with Crippen molar-refractivity contribution in [1.29, 1.82) is 0 Å². The van der Waals surface area contributed by atoms with E-state index < -0.39 is 0 Å². The maximum atomic E-state index is 12.8. The molecule has 0 fully saturated rings. The number of rotatable bonds is 5. The summed E-state index contributed by atoms with van der Waals surface area (Å²) in [5, 5.41) is 0.914. The molecule has 3 rings (SSSR count). The molecule has 5 heteroatoms. The summed E-state index contributed by atoms with van der Waals surface area (Å²) in [6.07, 6.45) is 1.08. The van der Waals surface area contributed by atoms with Gasteiger partial charge >= 0.3 is 0 Å². The van der Waals surface area contributed by atoms with Crippen LogP contribution in [0, 0.1) is 6.92 Å². The molecule has 0 unspecified atom stereocenters. The van der Waals surface area contributed by atoms with Gasteiger partial charge in [-0.3, -0.25) is 9.79 Å². The number of ether oxygens (including phenoxy) is 1. The third-order valence-electron chi connectivity index (χ3n) is 4.07. The Morgan fingerprint density at radius 1 is 1.16 bits per heavy atom. The zero-order valence-corrected chi connectivity index (χ0v) is 15.4. The molecular formula is C20H22N2O2S. The minimum Gasteiger partial charge on any atom is -0.497 e. The first-order chi connectivity index (χ1) is 12.2. The lowest BCUT2D eigenvalue weighted by molar-refractivity contribution is 0.100. The van der Waals surface area contributed by atoms with Crippen LogP contribution in [-0.4, -0.2) is 36.9 Å². The summed E-state index contributed by atoms with van der Waals surface area (Å²) in [5.41, 5.74) is 2.83. The number of aryl methyl sites for hydroxylation is 1. The first-order valence-electron chi connectivity index (χ1n) is 8.36. The molecule has 0 N–H and O–H groups in total. The van der Waals surface area contributed by atoms with Gasteiger partial charge < -0.3 is 9.64 Å². The summed E-state index contributed by atoms with van der Waals surface area (Å²) < 4.78 is 5.24. The number of anilines is 1. The quantitative estimate of drug-likeness (QED) is 0.755. The Kier molecular flexibility index (Phi) is 5.76. The van der Waals surface area contributed by atoms with E-state index in [1.807, 2.05) is 60.4 Å². The van der Waals surface area contributed by atoms with Gasteiger partial charge in [-0.15, -0.1) is 0 Å². The number of hydrogen-bond acceptors (Lipinski definition) is 5. The highest BCUT2D eigenvalue weighted by Gasteiger charge is 2.20. The number of thioether (sulfide) groups is 1. The summed E-state index contributed by atoms with van der Waals surface area (Å²) in [7, 11) is 1.65. The highest BCUT2D eigenvalue weighted by atomic mass is 32.2. The smallest absolute Gasteiger partial charge is 0.182 e. The molecule has 1 aliphatic rings. The van der Waals surface area contributed by atoms with Crippen LogP contribution in [0.5, 0.6) is 5.75 Å². The Morgan fingerprint density at radius 2 is 1.88 bits per heavy atom. The number of benzene rings is 2. The number of ketones is 1. The SMILES string of the molecule is COc1ccc(N(CC(=O)c2ccc(C)cc2)C2=NCCCS2)cc1. The Bertz CT molecular complexity index is 754. The molecule has 0 bridgehead atoms. The summed E-state index contributed by atoms with van der Waals surface area (Å²) in [4.78, 5) is 19.4. The molecule has 0 saturated carbocycles. The van der Waals surface area contributed by atoms with E-state index in [1.54, 1.807) is 18.9 Å². The first kappa shape index (κ1) is 17.5. The van der Waals surface area contributed by atoms with Crippen LogP contribution in [0.3, 0.4) is 0 Å². The van der Waals surface area contributed by atoms with Crippen molar-refractivity contribution in [2.75, 3.05) is 30.9 Å². The van der Waals surface area contributed by atoms with Crippen molar-refractivity contribution >= 4 is 28.4 Å². The van der Waals surface area contributed by atoms with Crippen molar-refractivity contribution in [2.24, 2.45) is 4.99 Å². The second-order valence-corrected chi connectivity index (χ2v) is 7.00. The van der Waals surface area contributed by atoms with Crippen molar-refractivity contribution in [1.82, 2.24) is 0 Å². The zero-order chi connectivity index (χ0) is 17.6. The number of hydrogen-bond donors (Lipinski definition) is 0. The standard InChI is InChI=1S/C20H22N2O2S/c1-15-4-6-16(7-5-15)19(23)14-22(20-21-12-3-13-25-20)17-8-10-18(24-2)11-9-17/h4-11H,3,12-14H2,1-2H3. The molecule has 0 saturated heterocycles. The van der Waals surface area contributed by atoms with Gasteiger partial charge in [0.25, 0.3) is 0 Å². The molecule has 0 atom stereocenters. The lowest BCUT2D eigenvalue weighted by Gasteiger charge is -2.27. The Hall–Kier alpha value is -2.27. The molecule has 0 spiro atoms.